The lowest BCUT2D eigenvalue weighted by Gasteiger charge is -2.02. The Kier molecular flexibility index (Phi) is 2.32. The van der Waals surface area contributed by atoms with Crippen molar-refractivity contribution in [2.45, 2.75) is 13.0 Å². The Morgan fingerprint density at radius 1 is 1.57 bits per heavy atom. The number of anilines is 1. The second-order valence-electron chi connectivity index (χ2n) is 3.17. The largest absolute Gasteiger partial charge is 0.392 e. The third-order valence-electron chi connectivity index (χ3n) is 1.80. The number of hydrogen-bond acceptors (Lipinski definition) is 4. The first kappa shape index (κ1) is 8.96. The van der Waals surface area contributed by atoms with Crippen molar-refractivity contribution in [1.29, 1.82) is 0 Å². The van der Waals surface area contributed by atoms with Gasteiger partial charge in [-0.3, -0.25) is 0 Å². The van der Waals surface area contributed by atoms with Crippen LogP contribution >= 0.6 is 0 Å². The van der Waals surface area contributed by atoms with Gasteiger partial charge in [-0.1, -0.05) is 6.07 Å². The molecule has 74 valence electrons. The monoisotopic (exact) mass is 192 g/mol. The molecule has 0 aliphatic carbocycles. The van der Waals surface area contributed by atoms with Crippen LogP contribution in [0.5, 0.6) is 0 Å². The van der Waals surface area contributed by atoms with Gasteiger partial charge < -0.3 is 10.4 Å². The number of nitrogens with one attached hydrogen (secondary N) is 1. The van der Waals surface area contributed by atoms with Crippen LogP contribution in [-0.4, -0.2) is 32.4 Å². The van der Waals surface area contributed by atoms with Gasteiger partial charge in [0.1, 0.15) is 0 Å². The molecule has 0 aliphatic rings. The van der Waals surface area contributed by atoms with Crippen molar-refractivity contribution in [3.05, 3.63) is 24.4 Å². The van der Waals surface area contributed by atoms with Crippen LogP contribution < -0.4 is 5.32 Å². The van der Waals surface area contributed by atoms with Gasteiger partial charge in [-0.15, -0.1) is 5.10 Å². The maximum Gasteiger partial charge on any atom is 0.243 e. The minimum Gasteiger partial charge on any atom is -0.392 e. The molecule has 2 aromatic rings. The highest BCUT2D eigenvalue weighted by Gasteiger charge is 2.02. The van der Waals surface area contributed by atoms with Gasteiger partial charge in [0.05, 0.1) is 6.10 Å². The highest BCUT2D eigenvalue weighted by Crippen LogP contribution is 2.03. The molecule has 2 N–H and O–H groups in total. The minimum absolute atomic E-state index is 0.401. The zero-order chi connectivity index (χ0) is 9.97. The van der Waals surface area contributed by atoms with Crippen molar-refractivity contribution < 1.29 is 5.11 Å². The van der Waals surface area contributed by atoms with Gasteiger partial charge >= 0.3 is 0 Å². The van der Waals surface area contributed by atoms with Gasteiger partial charge in [0.15, 0.2) is 5.65 Å². The van der Waals surface area contributed by atoms with Crippen molar-refractivity contribution in [3.63, 3.8) is 0 Å². The molecule has 2 rings (SSSR count). The number of hydrogen-bond donors (Lipinski definition) is 2. The first-order valence-electron chi connectivity index (χ1n) is 4.49. The smallest absolute Gasteiger partial charge is 0.243 e. The summed E-state index contributed by atoms with van der Waals surface area (Å²) in [6.07, 6.45) is 1.43. The van der Waals surface area contributed by atoms with Gasteiger partial charge in [0, 0.05) is 12.7 Å². The van der Waals surface area contributed by atoms with Crippen molar-refractivity contribution in [3.8, 4) is 0 Å². The second-order valence-corrected chi connectivity index (χ2v) is 3.17. The predicted molar refractivity (Wildman–Crippen MR) is 53.2 cm³/mol. The lowest BCUT2D eigenvalue weighted by atomic mass is 10.4. The van der Waals surface area contributed by atoms with Crippen molar-refractivity contribution in [1.82, 2.24) is 14.6 Å². The summed E-state index contributed by atoms with van der Waals surface area (Å²) in [5, 5.41) is 16.2. The van der Waals surface area contributed by atoms with Gasteiger partial charge in [0.25, 0.3) is 0 Å². The van der Waals surface area contributed by atoms with Crippen LogP contribution in [-0.2, 0) is 0 Å². The van der Waals surface area contributed by atoms with E-state index in [2.05, 4.69) is 15.4 Å². The number of aliphatic hydroxyl groups excluding tert-OH is 1. The number of pyridine rings is 1. The summed E-state index contributed by atoms with van der Waals surface area (Å²) in [4.78, 5) is 4.21. The molecule has 5 heteroatoms. The van der Waals surface area contributed by atoms with E-state index in [9.17, 15) is 0 Å². The number of aliphatic hydroxyl groups is 1. The SMILES string of the molecule is CC(O)CNc1nc2ccccn2n1. The average molecular weight is 192 g/mol. The Labute approximate surface area is 81.4 Å². The third-order valence-corrected chi connectivity index (χ3v) is 1.80. The number of fused-ring (bicyclic) bond motifs is 1. The maximum absolute atomic E-state index is 9.06. The lowest BCUT2D eigenvalue weighted by molar-refractivity contribution is 0.208. The first-order chi connectivity index (χ1) is 6.75. The summed E-state index contributed by atoms with van der Waals surface area (Å²) in [5.74, 6) is 0.539. The Morgan fingerprint density at radius 3 is 3.14 bits per heavy atom. The molecule has 1 atom stereocenters. The molecule has 0 bridgehead atoms. The van der Waals surface area contributed by atoms with E-state index in [4.69, 9.17) is 5.11 Å². The molecule has 2 heterocycles. The van der Waals surface area contributed by atoms with E-state index in [0.717, 1.165) is 5.65 Å². The normalized spacial score (nSPS) is 13.0. The van der Waals surface area contributed by atoms with Crippen molar-refractivity contribution in [2.75, 3.05) is 11.9 Å². The fraction of sp³-hybridized carbons (Fsp3) is 0.333. The number of aromatic nitrogens is 3. The van der Waals surface area contributed by atoms with Crippen molar-refractivity contribution >= 4 is 11.6 Å². The number of rotatable bonds is 3. The lowest BCUT2D eigenvalue weighted by Crippen LogP contribution is -2.16. The van der Waals surface area contributed by atoms with Crippen LogP contribution in [0.4, 0.5) is 5.95 Å². The minimum atomic E-state index is -0.401. The molecule has 0 aromatic carbocycles. The molecule has 5 nitrogen and oxygen atoms in total. The van der Waals surface area contributed by atoms with Crippen LogP contribution in [0.2, 0.25) is 0 Å². The molecule has 0 saturated carbocycles. The van der Waals surface area contributed by atoms with Crippen LogP contribution in [0.15, 0.2) is 24.4 Å². The third kappa shape index (κ3) is 1.82. The Bertz CT molecular complexity index is 390. The zero-order valence-electron chi connectivity index (χ0n) is 7.88. The van der Waals surface area contributed by atoms with Gasteiger partial charge in [-0.25, -0.2) is 4.52 Å². The van der Waals surface area contributed by atoms with Crippen LogP contribution in [0.3, 0.4) is 0 Å². The number of nitrogens with zero attached hydrogens (tertiary/aromatic N) is 3. The summed E-state index contributed by atoms with van der Waals surface area (Å²) in [5.41, 5.74) is 0.792. The quantitative estimate of drug-likeness (QED) is 0.744. The van der Waals surface area contributed by atoms with Gasteiger partial charge in [-0.05, 0) is 19.1 Å². The Hall–Kier alpha value is -1.62. The molecule has 1 unspecified atom stereocenters. The Balaban J connectivity index is 2.19. The van der Waals surface area contributed by atoms with Crippen LogP contribution in [0, 0.1) is 0 Å². The van der Waals surface area contributed by atoms with E-state index >= 15 is 0 Å². The zero-order valence-corrected chi connectivity index (χ0v) is 7.88. The fourth-order valence-electron chi connectivity index (χ4n) is 1.15. The average Bonchev–Trinajstić information content (AvgIpc) is 2.57. The molecule has 14 heavy (non-hydrogen) atoms. The predicted octanol–water partition coefficient (Wildman–Crippen LogP) is 0.522. The topological polar surface area (TPSA) is 62.5 Å². The summed E-state index contributed by atoms with van der Waals surface area (Å²) in [6.45, 7) is 2.17. The van der Waals surface area contributed by atoms with Crippen molar-refractivity contribution in [2.24, 2.45) is 0 Å². The molecule has 0 spiro atoms. The molecular formula is C9H12N4O. The summed E-state index contributed by atoms with van der Waals surface area (Å²) >= 11 is 0. The Morgan fingerprint density at radius 2 is 2.43 bits per heavy atom. The van der Waals surface area contributed by atoms with Crippen LogP contribution in [0.1, 0.15) is 6.92 Å². The molecule has 0 radical (unpaired) electrons. The van der Waals surface area contributed by atoms with E-state index in [1.54, 1.807) is 11.4 Å². The molecule has 0 amide bonds. The fourth-order valence-corrected chi connectivity index (χ4v) is 1.15. The maximum atomic E-state index is 9.06. The molecule has 0 saturated heterocycles. The van der Waals surface area contributed by atoms with Gasteiger partial charge in [0.2, 0.25) is 5.95 Å². The van der Waals surface area contributed by atoms with E-state index in [0.29, 0.717) is 12.5 Å². The van der Waals surface area contributed by atoms with E-state index in [-0.39, 0.29) is 0 Å². The van der Waals surface area contributed by atoms with Crippen LogP contribution in [0.25, 0.3) is 5.65 Å². The molecule has 2 aromatic heterocycles. The first-order valence-corrected chi connectivity index (χ1v) is 4.49. The summed E-state index contributed by atoms with van der Waals surface area (Å²) in [7, 11) is 0. The standard InChI is InChI=1S/C9H12N4O/c1-7(14)6-10-9-11-8-4-2-3-5-13(8)12-9/h2-5,7,14H,6H2,1H3,(H,10,12). The summed E-state index contributed by atoms with van der Waals surface area (Å²) in [6, 6.07) is 5.67. The highest BCUT2D eigenvalue weighted by molar-refractivity contribution is 5.42. The molecule has 0 aliphatic heterocycles. The molecular weight excluding hydrogens is 180 g/mol. The summed E-state index contributed by atoms with van der Waals surface area (Å²) < 4.78 is 1.68. The van der Waals surface area contributed by atoms with E-state index in [1.165, 1.54) is 0 Å². The molecule has 0 fully saturated rings. The van der Waals surface area contributed by atoms with Gasteiger partial charge in [-0.2, -0.15) is 4.98 Å². The second kappa shape index (κ2) is 3.63. The van der Waals surface area contributed by atoms with E-state index in [1.807, 2.05) is 24.4 Å². The van der Waals surface area contributed by atoms with E-state index < -0.39 is 6.10 Å². The highest BCUT2D eigenvalue weighted by atomic mass is 16.3.